The smallest absolute Gasteiger partial charge is 0.170 e. The monoisotopic (exact) mass is 363 g/mol. The van der Waals surface area contributed by atoms with E-state index < -0.39 is 0 Å². The molecule has 0 aliphatic rings. The van der Waals surface area contributed by atoms with Gasteiger partial charge in [0.05, 0.1) is 11.4 Å². The zero-order chi connectivity index (χ0) is 17.0. The van der Waals surface area contributed by atoms with Gasteiger partial charge in [-0.1, -0.05) is 21.6 Å². The molecule has 0 saturated carbocycles. The van der Waals surface area contributed by atoms with E-state index in [1.807, 2.05) is 82.0 Å². The molecule has 0 amide bonds. The van der Waals surface area contributed by atoms with Crippen molar-refractivity contribution in [3.63, 3.8) is 0 Å². The van der Waals surface area contributed by atoms with Gasteiger partial charge in [0.15, 0.2) is 12.4 Å². The number of hydrazine groups is 1. The number of aromatic nitrogens is 1. The molecule has 0 aliphatic carbocycles. The van der Waals surface area contributed by atoms with Gasteiger partial charge in [0.25, 0.3) is 0 Å². The zero-order valence-electron chi connectivity index (χ0n) is 13.7. The third-order valence-corrected chi connectivity index (χ3v) is 5.44. The standard InChI is InChI=1S/C16H22N6S2/c1-22-10-6-16(7-11-22)21-20-15-4-2-14(3-5-15)18-8-12-23-24-13-9-19-17/h2-7,10-11H,8-9,12-13H2,1H3,(H3,17,18,19,20)/p+1. The van der Waals surface area contributed by atoms with Gasteiger partial charge in [-0.05, 0) is 24.3 Å². The maximum atomic E-state index is 5.22. The van der Waals surface area contributed by atoms with E-state index in [9.17, 15) is 0 Å². The minimum atomic E-state index is 0.836. The molecule has 128 valence electrons. The quantitative estimate of drug-likeness (QED) is 0.151. The first-order chi connectivity index (χ1) is 11.8. The highest BCUT2D eigenvalue weighted by Crippen LogP contribution is 2.21. The Kier molecular flexibility index (Phi) is 8.61. The number of nitrogens with two attached hydrogens (primary N) is 1. The zero-order valence-corrected chi connectivity index (χ0v) is 15.3. The van der Waals surface area contributed by atoms with Crippen molar-refractivity contribution >= 4 is 38.6 Å². The molecule has 0 saturated heterocycles. The molecule has 0 atom stereocenters. The lowest BCUT2D eigenvalue weighted by atomic mass is 10.3. The van der Waals surface area contributed by atoms with Gasteiger partial charge in [0.2, 0.25) is 0 Å². The van der Waals surface area contributed by atoms with E-state index in [1.165, 1.54) is 0 Å². The summed E-state index contributed by atoms with van der Waals surface area (Å²) in [5.74, 6) is 7.28. The Morgan fingerprint density at radius 2 is 1.50 bits per heavy atom. The van der Waals surface area contributed by atoms with Gasteiger partial charge < -0.3 is 5.32 Å². The fraction of sp³-hybridized carbons (Fsp3) is 0.312. The van der Waals surface area contributed by atoms with Crippen molar-refractivity contribution in [3.05, 3.63) is 48.8 Å². The van der Waals surface area contributed by atoms with Crippen LogP contribution in [0, 0.1) is 0 Å². The maximum Gasteiger partial charge on any atom is 0.170 e. The van der Waals surface area contributed by atoms with Crippen LogP contribution in [0.4, 0.5) is 17.1 Å². The molecule has 4 N–H and O–H groups in total. The van der Waals surface area contributed by atoms with E-state index in [0.717, 1.165) is 41.7 Å². The molecule has 2 rings (SSSR count). The summed E-state index contributed by atoms with van der Waals surface area (Å²) in [6, 6.07) is 11.8. The normalized spacial score (nSPS) is 11.1. The minimum absolute atomic E-state index is 0.836. The van der Waals surface area contributed by atoms with Crippen LogP contribution in [0.1, 0.15) is 0 Å². The number of hydrogen-bond acceptors (Lipinski definition) is 7. The summed E-state index contributed by atoms with van der Waals surface area (Å²) in [6.07, 6.45) is 3.90. The van der Waals surface area contributed by atoms with Crippen LogP contribution in [0.3, 0.4) is 0 Å². The SMILES string of the molecule is C[n+]1ccc(N=Nc2ccc(NCCSSCCNN)cc2)cc1. The predicted molar refractivity (Wildman–Crippen MR) is 104 cm³/mol. The van der Waals surface area contributed by atoms with Gasteiger partial charge in [0.1, 0.15) is 7.05 Å². The number of benzene rings is 1. The van der Waals surface area contributed by atoms with Crippen LogP contribution in [0.15, 0.2) is 59.0 Å². The maximum absolute atomic E-state index is 5.22. The van der Waals surface area contributed by atoms with E-state index in [0.29, 0.717) is 0 Å². The Morgan fingerprint density at radius 1 is 0.917 bits per heavy atom. The Hall–Kier alpha value is -1.61. The van der Waals surface area contributed by atoms with Crippen molar-refractivity contribution < 1.29 is 4.57 Å². The molecule has 6 nitrogen and oxygen atoms in total. The van der Waals surface area contributed by atoms with Crippen molar-refractivity contribution in [1.29, 1.82) is 0 Å². The molecule has 1 heterocycles. The fourth-order valence-corrected chi connectivity index (χ4v) is 3.61. The number of hydrogen-bond donors (Lipinski definition) is 3. The fourth-order valence-electron chi connectivity index (χ4n) is 1.78. The first-order valence-electron chi connectivity index (χ1n) is 7.67. The molecule has 0 bridgehead atoms. The number of pyridine rings is 1. The van der Waals surface area contributed by atoms with Crippen LogP contribution in [-0.4, -0.2) is 24.6 Å². The van der Waals surface area contributed by atoms with Crippen LogP contribution in [-0.2, 0) is 7.05 Å². The Labute approximate surface area is 150 Å². The summed E-state index contributed by atoms with van der Waals surface area (Å²) in [4.78, 5) is 0. The van der Waals surface area contributed by atoms with Gasteiger partial charge in [-0.15, -0.1) is 0 Å². The first-order valence-corrected chi connectivity index (χ1v) is 10.2. The topological polar surface area (TPSA) is 78.7 Å². The molecule has 24 heavy (non-hydrogen) atoms. The lowest BCUT2D eigenvalue weighted by Crippen LogP contribution is -2.25. The number of rotatable bonds is 10. The van der Waals surface area contributed by atoms with E-state index in [2.05, 4.69) is 21.0 Å². The summed E-state index contributed by atoms with van der Waals surface area (Å²) in [5, 5.41) is 11.9. The van der Waals surface area contributed by atoms with Gasteiger partial charge in [-0.25, -0.2) is 4.57 Å². The predicted octanol–water partition coefficient (Wildman–Crippen LogP) is 3.18. The first kappa shape index (κ1) is 18.7. The Balaban J connectivity index is 1.71. The second kappa shape index (κ2) is 11.0. The van der Waals surface area contributed by atoms with Crippen molar-refractivity contribution in [2.45, 2.75) is 0 Å². The van der Waals surface area contributed by atoms with Crippen molar-refractivity contribution in [3.8, 4) is 0 Å². The van der Waals surface area contributed by atoms with Gasteiger partial charge in [-0.3, -0.25) is 11.3 Å². The summed E-state index contributed by atoms with van der Waals surface area (Å²) in [5.41, 5.74) is 5.42. The second-order valence-corrected chi connectivity index (χ2v) is 7.70. The third-order valence-electron chi connectivity index (χ3n) is 3.04. The molecule has 8 heteroatoms. The van der Waals surface area contributed by atoms with Crippen LogP contribution in [0.5, 0.6) is 0 Å². The highest BCUT2D eigenvalue weighted by molar-refractivity contribution is 8.76. The summed E-state index contributed by atoms with van der Waals surface area (Å²) in [7, 11) is 5.65. The highest BCUT2D eigenvalue weighted by Gasteiger charge is 1.96. The second-order valence-electron chi connectivity index (χ2n) is 4.99. The number of azo groups is 1. The van der Waals surface area contributed by atoms with Gasteiger partial charge >= 0.3 is 0 Å². The molecule has 1 aromatic heterocycles. The molecule has 0 aliphatic heterocycles. The highest BCUT2D eigenvalue weighted by atomic mass is 33.1. The van der Waals surface area contributed by atoms with E-state index >= 15 is 0 Å². The summed E-state index contributed by atoms with van der Waals surface area (Å²) in [6.45, 7) is 1.76. The Morgan fingerprint density at radius 3 is 2.12 bits per heavy atom. The van der Waals surface area contributed by atoms with E-state index in [1.54, 1.807) is 0 Å². The lowest BCUT2D eigenvalue weighted by molar-refractivity contribution is -0.671. The van der Waals surface area contributed by atoms with Crippen molar-refractivity contribution in [2.75, 3.05) is 29.9 Å². The number of nitrogens with zero attached hydrogens (tertiary/aromatic N) is 3. The van der Waals surface area contributed by atoms with Crippen LogP contribution in [0.2, 0.25) is 0 Å². The van der Waals surface area contributed by atoms with Crippen molar-refractivity contribution in [1.82, 2.24) is 5.43 Å². The summed E-state index contributed by atoms with van der Waals surface area (Å²) >= 11 is 0. The van der Waals surface area contributed by atoms with E-state index in [-0.39, 0.29) is 0 Å². The molecule has 0 unspecified atom stereocenters. The lowest BCUT2D eigenvalue weighted by Gasteiger charge is -2.06. The third kappa shape index (κ3) is 7.31. The van der Waals surface area contributed by atoms with Crippen LogP contribution >= 0.6 is 21.6 Å². The molecule has 0 fully saturated rings. The number of anilines is 1. The number of aryl methyl sites for hydroxylation is 1. The van der Waals surface area contributed by atoms with Crippen LogP contribution in [0.25, 0.3) is 0 Å². The number of nitrogens with one attached hydrogen (secondary N) is 2. The van der Waals surface area contributed by atoms with Crippen molar-refractivity contribution in [2.24, 2.45) is 23.1 Å². The average molecular weight is 364 g/mol. The van der Waals surface area contributed by atoms with Crippen LogP contribution < -0.4 is 21.2 Å². The Bertz CT molecular complexity index is 615. The van der Waals surface area contributed by atoms with Gasteiger partial charge in [-0.2, -0.15) is 10.2 Å². The largest absolute Gasteiger partial charge is 0.384 e. The molecule has 1 aromatic carbocycles. The van der Waals surface area contributed by atoms with E-state index in [4.69, 9.17) is 5.84 Å². The summed E-state index contributed by atoms with van der Waals surface area (Å²) < 4.78 is 1.96. The molecule has 0 radical (unpaired) electrons. The molecular formula is C16H23N6S2+. The average Bonchev–Trinajstić information content (AvgIpc) is 2.61. The molecule has 0 spiro atoms. The minimum Gasteiger partial charge on any atom is -0.384 e. The molecule has 2 aromatic rings. The van der Waals surface area contributed by atoms with Gasteiger partial charge in [0, 0.05) is 42.4 Å². The molecular weight excluding hydrogens is 340 g/mol.